The van der Waals surface area contributed by atoms with Crippen LogP contribution >= 0.6 is 0 Å². The Hall–Kier alpha value is -4.59. The first-order valence-corrected chi connectivity index (χ1v) is 12.0. The molecule has 1 N–H and O–H groups in total. The summed E-state index contributed by atoms with van der Waals surface area (Å²) in [7, 11) is 0. The first-order chi connectivity index (χ1) is 18.3. The number of esters is 1. The molecule has 0 saturated heterocycles. The van der Waals surface area contributed by atoms with Crippen molar-refractivity contribution in [3.05, 3.63) is 102 Å². The number of carbonyl (C=O) groups excluding carboxylic acids is 2. The van der Waals surface area contributed by atoms with E-state index in [0.29, 0.717) is 16.8 Å². The molecule has 4 aromatic carbocycles. The number of nitrogens with one attached hydrogen (secondary N) is 1. The molecule has 1 heterocycles. The number of nitrogens with zero attached hydrogens (tertiary/aromatic N) is 1. The molecule has 0 bridgehead atoms. The molecule has 1 amide bonds. The van der Waals surface area contributed by atoms with Gasteiger partial charge in [0.15, 0.2) is 6.61 Å². The fourth-order valence-electron chi connectivity index (χ4n) is 4.63. The van der Waals surface area contributed by atoms with Gasteiger partial charge in [0, 0.05) is 34.0 Å². The summed E-state index contributed by atoms with van der Waals surface area (Å²) in [5.41, 5.74) is 2.93. The highest BCUT2D eigenvalue weighted by molar-refractivity contribution is 6.10. The summed E-state index contributed by atoms with van der Waals surface area (Å²) in [6.45, 7) is 2.36. The van der Waals surface area contributed by atoms with Crippen molar-refractivity contribution >= 4 is 39.4 Å². The molecule has 1 aromatic heterocycles. The van der Waals surface area contributed by atoms with Gasteiger partial charge in [-0.3, -0.25) is 4.79 Å². The average Bonchev–Trinajstić information content (AvgIpc) is 3.24. The predicted octanol–water partition coefficient (Wildman–Crippen LogP) is 7.30. The number of fused-ring (bicyclic) bond motifs is 3. The molecule has 38 heavy (non-hydrogen) atoms. The minimum Gasteiger partial charge on any atom is -0.452 e. The largest absolute Gasteiger partial charge is 0.452 e. The molecule has 5 aromatic rings. The number of ether oxygens (including phenoxy) is 1. The molecule has 0 saturated carbocycles. The second kappa shape index (κ2) is 10.0. The summed E-state index contributed by atoms with van der Waals surface area (Å²) < 4.78 is 46.2. The fraction of sp³-hybridized carbons (Fsp3) is 0.133. The number of halogens is 3. The topological polar surface area (TPSA) is 60.3 Å². The average molecular weight is 517 g/mol. The lowest BCUT2D eigenvalue weighted by atomic mass is 9.98. The van der Waals surface area contributed by atoms with Crippen LogP contribution in [0.2, 0.25) is 0 Å². The molecule has 0 fully saturated rings. The van der Waals surface area contributed by atoms with E-state index >= 15 is 0 Å². The number of alkyl halides is 3. The van der Waals surface area contributed by atoms with Crippen LogP contribution in [0.25, 0.3) is 32.9 Å². The van der Waals surface area contributed by atoms with E-state index in [1.165, 1.54) is 18.2 Å². The highest BCUT2D eigenvalue weighted by Gasteiger charge is 2.30. The van der Waals surface area contributed by atoms with Crippen molar-refractivity contribution in [1.82, 2.24) is 4.57 Å². The molecule has 0 atom stereocenters. The van der Waals surface area contributed by atoms with E-state index in [9.17, 15) is 22.8 Å². The number of anilines is 1. The quantitative estimate of drug-likeness (QED) is 0.241. The maximum absolute atomic E-state index is 12.9. The first-order valence-electron chi connectivity index (χ1n) is 12.0. The minimum atomic E-state index is -4.46. The second-order valence-corrected chi connectivity index (χ2v) is 8.74. The summed E-state index contributed by atoms with van der Waals surface area (Å²) in [5, 5.41) is 4.85. The molecule has 8 heteroatoms. The third-order valence-corrected chi connectivity index (χ3v) is 6.38. The van der Waals surface area contributed by atoms with E-state index in [1.807, 2.05) is 30.3 Å². The summed E-state index contributed by atoms with van der Waals surface area (Å²) in [4.78, 5) is 25.4. The van der Waals surface area contributed by atoms with Crippen LogP contribution < -0.4 is 5.32 Å². The van der Waals surface area contributed by atoms with E-state index in [-0.39, 0.29) is 5.56 Å². The Kier molecular flexibility index (Phi) is 6.63. The van der Waals surface area contributed by atoms with E-state index in [2.05, 4.69) is 22.9 Å². The summed E-state index contributed by atoms with van der Waals surface area (Å²) in [5.74, 6) is -1.26. The Morgan fingerprint density at radius 3 is 2.26 bits per heavy atom. The number of aromatic nitrogens is 1. The van der Waals surface area contributed by atoms with Crippen molar-refractivity contribution in [2.45, 2.75) is 19.6 Å². The molecule has 0 aliphatic heterocycles. The van der Waals surface area contributed by atoms with Crippen molar-refractivity contribution in [2.75, 3.05) is 11.9 Å². The Morgan fingerprint density at radius 1 is 0.842 bits per heavy atom. The Morgan fingerprint density at radius 2 is 1.53 bits per heavy atom. The minimum absolute atomic E-state index is 0.147. The smallest absolute Gasteiger partial charge is 0.416 e. The SMILES string of the molecule is CCn1c2ccccc2c2cc(NC(=O)COC(=O)c3ccccc3-c3ccc(C(F)(F)F)cc3)ccc21. The van der Waals surface area contributed by atoms with Gasteiger partial charge in [0.2, 0.25) is 0 Å². The molecular weight excluding hydrogens is 493 g/mol. The molecule has 0 radical (unpaired) electrons. The highest BCUT2D eigenvalue weighted by atomic mass is 19.4. The predicted molar refractivity (Wildman–Crippen MR) is 141 cm³/mol. The van der Waals surface area contributed by atoms with Gasteiger partial charge in [-0.15, -0.1) is 0 Å². The third-order valence-electron chi connectivity index (χ3n) is 6.38. The van der Waals surface area contributed by atoms with Gasteiger partial charge in [0.25, 0.3) is 5.91 Å². The van der Waals surface area contributed by atoms with Crippen molar-refractivity contribution in [3.63, 3.8) is 0 Å². The molecule has 5 nitrogen and oxygen atoms in total. The Labute approximate surface area is 216 Å². The van der Waals surface area contributed by atoms with Gasteiger partial charge in [0.1, 0.15) is 0 Å². The molecule has 0 aliphatic rings. The highest BCUT2D eigenvalue weighted by Crippen LogP contribution is 2.33. The second-order valence-electron chi connectivity index (χ2n) is 8.74. The fourth-order valence-corrected chi connectivity index (χ4v) is 4.63. The van der Waals surface area contributed by atoms with Crippen molar-refractivity contribution in [2.24, 2.45) is 0 Å². The van der Waals surface area contributed by atoms with Crippen LogP contribution in [-0.4, -0.2) is 23.1 Å². The Bertz CT molecular complexity index is 1650. The maximum atomic E-state index is 12.9. The molecular formula is C30H23F3N2O3. The van der Waals surface area contributed by atoms with Crippen LogP contribution in [0.1, 0.15) is 22.8 Å². The lowest BCUT2D eigenvalue weighted by Gasteiger charge is -2.12. The van der Waals surface area contributed by atoms with Crippen LogP contribution in [0.3, 0.4) is 0 Å². The zero-order chi connectivity index (χ0) is 26.9. The van der Waals surface area contributed by atoms with Crippen molar-refractivity contribution < 1.29 is 27.5 Å². The molecule has 5 rings (SSSR count). The number of para-hydroxylation sites is 1. The Balaban J connectivity index is 1.29. The normalized spacial score (nSPS) is 11.6. The standard InChI is InChI=1S/C30H23F3N2O3/c1-2-35-26-10-6-5-8-23(26)25-17-21(15-16-27(25)35)34-28(36)18-38-29(37)24-9-4-3-7-22(24)19-11-13-20(14-12-19)30(31,32)33/h3-17H,2,18H2,1H3,(H,34,36). The zero-order valence-corrected chi connectivity index (χ0v) is 20.4. The lowest BCUT2D eigenvalue weighted by Crippen LogP contribution is -2.21. The van der Waals surface area contributed by atoms with Crippen molar-refractivity contribution in [1.29, 1.82) is 0 Å². The lowest BCUT2D eigenvalue weighted by molar-refractivity contribution is -0.137. The van der Waals surface area contributed by atoms with Gasteiger partial charge in [0.05, 0.1) is 11.1 Å². The third kappa shape index (κ3) is 4.85. The van der Waals surface area contributed by atoms with Crippen LogP contribution in [-0.2, 0) is 22.3 Å². The maximum Gasteiger partial charge on any atom is 0.416 e. The van der Waals surface area contributed by atoms with Crippen LogP contribution in [0.4, 0.5) is 18.9 Å². The first kappa shape index (κ1) is 25.1. The van der Waals surface area contributed by atoms with E-state index < -0.39 is 30.2 Å². The summed E-state index contributed by atoms with van der Waals surface area (Å²) in [6.07, 6.45) is -4.46. The van der Waals surface area contributed by atoms with Crippen LogP contribution in [0.5, 0.6) is 0 Å². The number of carbonyl (C=O) groups is 2. The number of rotatable bonds is 6. The van der Waals surface area contributed by atoms with Gasteiger partial charge in [-0.1, -0.05) is 48.5 Å². The van der Waals surface area contributed by atoms with Crippen LogP contribution in [0, 0.1) is 0 Å². The molecule has 192 valence electrons. The monoisotopic (exact) mass is 516 g/mol. The molecule has 0 aliphatic carbocycles. The van der Waals surface area contributed by atoms with Crippen molar-refractivity contribution in [3.8, 4) is 11.1 Å². The number of hydrogen-bond donors (Lipinski definition) is 1. The number of amides is 1. The van der Waals surface area contributed by atoms with Gasteiger partial charge >= 0.3 is 12.1 Å². The van der Waals surface area contributed by atoms with Crippen LogP contribution in [0.15, 0.2) is 91.0 Å². The summed E-state index contributed by atoms with van der Waals surface area (Å²) in [6, 6.07) is 24.6. The number of hydrogen-bond acceptors (Lipinski definition) is 3. The van der Waals surface area contributed by atoms with Gasteiger partial charge in [-0.05, 0) is 60.5 Å². The van der Waals surface area contributed by atoms with E-state index in [1.54, 1.807) is 24.3 Å². The van der Waals surface area contributed by atoms with Gasteiger partial charge in [-0.25, -0.2) is 4.79 Å². The molecule has 0 spiro atoms. The van der Waals surface area contributed by atoms with Gasteiger partial charge in [-0.2, -0.15) is 13.2 Å². The number of aryl methyl sites for hydroxylation is 1. The summed E-state index contributed by atoms with van der Waals surface area (Å²) >= 11 is 0. The van der Waals surface area contributed by atoms with E-state index in [4.69, 9.17) is 4.74 Å². The number of benzene rings is 4. The zero-order valence-electron chi connectivity index (χ0n) is 20.4. The van der Waals surface area contributed by atoms with E-state index in [0.717, 1.165) is 40.5 Å². The van der Waals surface area contributed by atoms with Gasteiger partial charge < -0.3 is 14.6 Å². The molecule has 0 unspecified atom stereocenters.